The molecule has 0 saturated heterocycles. The molecule has 3 aliphatic rings. The maximum atomic E-state index is 12.1. The predicted molar refractivity (Wildman–Crippen MR) is 72.6 cm³/mol. The zero-order valence-corrected chi connectivity index (χ0v) is 12.1. The molecule has 5 atom stereocenters. The molecule has 3 saturated carbocycles. The fourth-order valence-corrected chi connectivity index (χ4v) is 5.37. The molecular formula is C16H20O4. The average Bonchev–Trinajstić information content (AvgIpc) is 2.94. The number of carbonyl (C=O) groups is 2. The van der Waals surface area contributed by atoms with Gasteiger partial charge in [-0.25, -0.2) is 9.59 Å². The van der Waals surface area contributed by atoms with Crippen molar-refractivity contribution in [1.82, 2.24) is 0 Å². The molecule has 3 aliphatic carbocycles. The van der Waals surface area contributed by atoms with Crippen LogP contribution < -0.4 is 0 Å². The molecule has 3 rings (SSSR count). The van der Waals surface area contributed by atoms with Crippen LogP contribution >= 0.6 is 0 Å². The summed E-state index contributed by atoms with van der Waals surface area (Å²) in [5.41, 5.74) is 0.387. The van der Waals surface area contributed by atoms with E-state index in [0.29, 0.717) is 23.3 Å². The molecule has 0 bridgehead atoms. The van der Waals surface area contributed by atoms with Crippen LogP contribution in [0.15, 0.2) is 24.3 Å². The standard InChI is InChI=1S/C16H20O4/c1-5-16-9-6-7-11(16)15(2,13(9)16)10(14(18)20-4)8-12(17)19-3/h5,8-9,11,13H,1,6-7H2,2-4H3/b10-8+/t9-,11+,13-,15-,16-/m1/s1. The maximum Gasteiger partial charge on any atom is 0.334 e. The number of esters is 2. The van der Waals surface area contributed by atoms with Gasteiger partial charge < -0.3 is 9.47 Å². The van der Waals surface area contributed by atoms with E-state index in [9.17, 15) is 9.59 Å². The summed E-state index contributed by atoms with van der Waals surface area (Å²) in [6.45, 7) is 6.05. The van der Waals surface area contributed by atoms with Gasteiger partial charge in [0.25, 0.3) is 0 Å². The summed E-state index contributed by atoms with van der Waals surface area (Å²) < 4.78 is 9.56. The Balaban J connectivity index is 1.98. The molecule has 0 amide bonds. The number of fused-ring (bicyclic) bond motifs is 1. The molecule has 0 aromatic heterocycles. The largest absolute Gasteiger partial charge is 0.466 e. The lowest BCUT2D eigenvalue weighted by atomic mass is 9.50. The van der Waals surface area contributed by atoms with Gasteiger partial charge in [0.05, 0.1) is 19.8 Å². The summed E-state index contributed by atoms with van der Waals surface area (Å²) in [6, 6.07) is 0. The SMILES string of the molecule is C=C[C@@]12[C@@H]3CC[C@H]1[C@@](C)(/C(=C/C(=O)OC)C(=O)OC)[C@@H]32. The highest BCUT2D eigenvalue weighted by molar-refractivity contribution is 5.98. The molecule has 0 N–H and O–H groups in total. The number of ether oxygens (including phenoxy) is 2. The highest BCUT2D eigenvalue weighted by Crippen LogP contribution is 2.90. The van der Waals surface area contributed by atoms with E-state index in [1.807, 2.05) is 0 Å². The van der Waals surface area contributed by atoms with Crippen molar-refractivity contribution in [3.8, 4) is 0 Å². The fraction of sp³-hybridized carbons (Fsp3) is 0.625. The zero-order valence-electron chi connectivity index (χ0n) is 12.1. The monoisotopic (exact) mass is 276 g/mol. The van der Waals surface area contributed by atoms with Crippen molar-refractivity contribution in [2.75, 3.05) is 14.2 Å². The van der Waals surface area contributed by atoms with E-state index in [-0.39, 0.29) is 10.8 Å². The van der Waals surface area contributed by atoms with Crippen molar-refractivity contribution in [3.05, 3.63) is 24.3 Å². The minimum absolute atomic E-state index is 0.206. The van der Waals surface area contributed by atoms with Gasteiger partial charge in [0.2, 0.25) is 0 Å². The molecule has 108 valence electrons. The normalized spacial score (nSPS) is 44.1. The Morgan fingerprint density at radius 2 is 1.95 bits per heavy atom. The molecule has 4 nitrogen and oxygen atoms in total. The van der Waals surface area contributed by atoms with Crippen LogP contribution in [0.4, 0.5) is 0 Å². The van der Waals surface area contributed by atoms with Crippen LogP contribution in [0.25, 0.3) is 0 Å². The Kier molecular flexibility index (Phi) is 2.66. The summed E-state index contributed by atoms with van der Waals surface area (Å²) in [7, 11) is 2.66. The molecule has 0 aromatic rings. The summed E-state index contributed by atoms with van der Waals surface area (Å²) in [5.74, 6) is 0.492. The highest BCUT2D eigenvalue weighted by atomic mass is 16.5. The third-order valence-electron chi connectivity index (χ3n) is 6.02. The van der Waals surface area contributed by atoms with Gasteiger partial charge in [-0.1, -0.05) is 13.0 Å². The summed E-state index contributed by atoms with van der Waals surface area (Å²) in [4.78, 5) is 23.7. The maximum absolute atomic E-state index is 12.1. The Morgan fingerprint density at radius 3 is 2.40 bits per heavy atom. The molecule has 0 radical (unpaired) electrons. The van der Waals surface area contributed by atoms with Gasteiger partial charge in [-0.2, -0.15) is 0 Å². The minimum atomic E-state index is -0.501. The van der Waals surface area contributed by atoms with E-state index in [0.717, 1.165) is 6.42 Å². The second kappa shape index (κ2) is 3.96. The first-order valence-corrected chi connectivity index (χ1v) is 7.00. The number of methoxy groups -OCH3 is 2. The lowest BCUT2D eigenvalue weighted by Gasteiger charge is -2.52. The Hall–Kier alpha value is -1.58. The van der Waals surface area contributed by atoms with Crippen LogP contribution in [0.1, 0.15) is 19.8 Å². The van der Waals surface area contributed by atoms with Crippen LogP contribution in [0.5, 0.6) is 0 Å². The molecule has 0 aliphatic heterocycles. The van der Waals surface area contributed by atoms with E-state index in [4.69, 9.17) is 4.74 Å². The summed E-state index contributed by atoms with van der Waals surface area (Å²) >= 11 is 0. The van der Waals surface area contributed by atoms with Gasteiger partial charge in [-0.15, -0.1) is 6.58 Å². The number of rotatable bonds is 4. The molecule has 0 aromatic carbocycles. The van der Waals surface area contributed by atoms with Crippen LogP contribution in [-0.4, -0.2) is 26.2 Å². The van der Waals surface area contributed by atoms with Crippen molar-refractivity contribution in [1.29, 1.82) is 0 Å². The van der Waals surface area contributed by atoms with E-state index in [1.54, 1.807) is 0 Å². The fourth-order valence-electron chi connectivity index (χ4n) is 5.37. The lowest BCUT2D eigenvalue weighted by molar-refractivity contribution is -0.142. The third-order valence-corrected chi connectivity index (χ3v) is 6.02. The second-order valence-corrected chi connectivity index (χ2v) is 6.27. The van der Waals surface area contributed by atoms with Crippen molar-refractivity contribution in [2.45, 2.75) is 19.8 Å². The van der Waals surface area contributed by atoms with Gasteiger partial charge in [0.15, 0.2) is 0 Å². The molecule has 3 fully saturated rings. The van der Waals surface area contributed by atoms with Crippen molar-refractivity contribution >= 4 is 11.9 Å². The van der Waals surface area contributed by atoms with Crippen LogP contribution in [0, 0.1) is 28.6 Å². The van der Waals surface area contributed by atoms with Gasteiger partial charge in [-0.05, 0) is 36.0 Å². The quantitative estimate of drug-likeness (QED) is 0.448. The summed E-state index contributed by atoms with van der Waals surface area (Å²) in [6.07, 6.45) is 5.66. The first-order chi connectivity index (χ1) is 9.48. The molecular weight excluding hydrogens is 256 g/mol. The van der Waals surface area contributed by atoms with Gasteiger partial charge in [0, 0.05) is 11.5 Å². The third kappa shape index (κ3) is 1.23. The van der Waals surface area contributed by atoms with Crippen LogP contribution in [-0.2, 0) is 19.1 Å². The molecule has 4 heteroatoms. The average molecular weight is 276 g/mol. The van der Waals surface area contributed by atoms with Crippen molar-refractivity contribution in [2.24, 2.45) is 28.6 Å². The van der Waals surface area contributed by atoms with Crippen LogP contribution in [0.2, 0.25) is 0 Å². The van der Waals surface area contributed by atoms with Gasteiger partial charge in [0.1, 0.15) is 0 Å². The Bertz CT molecular complexity index is 535. The Labute approximate surface area is 118 Å². The van der Waals surface area contributed by atoms with E-state index >= 15 is 0 Å². The van der Waals surface area contributed by atoms with Crippen LogP contribution in [0.3, 0.4) is 0 Å². The van der Waals surface area contributed by atoms with Gasteiger partial charge >= 0.3 is 11.9 Å². The van der Waals surface area contributed by atoms with E-state index in [1.165, 1.54) is 26.7 Å². The van der Waals surface area contributed by atoms with E-state index < -0.39 is 11.9 Å². The second-order valence-electron chi connectivity index (χ2n) is 6.27. The zero-order chi connectivity index (χ0) is 14.7. The first-order valence-electron chi connectivity index (χ1n) is 7.00. The van der Waals surface area contributed by atoms with Gasteiger partial charge in [-0.3, -0.25) is 0 Å². The first kappa shape index (κ1) is 13.4. The lowest BCUT2D eigenvalue weighted by Crippen LogP contribution is -2.50. The number of allylic oxidation sites excluding steroid dienone is 1. The highest BCUT2D eigenvalue weighted by Gasteiger charge is 2.87. The topological polar surface area (TPSA) is 52.6 Å². The van der Waals surface area contributed by atoms with E-state index in [2.05, 4.69) is 24.3 Å². The summed E-state index contributed by atoms with van der Waals surface area (Å²) in [5, 5.41) is 0. The minimum Gasteiger partial charge on any atom is -0.466 e. The van der Waals surface area contributed by atoms with Crippen molar-refractivity contribution < 1.29 is 19.1 Å². The smallest absolute Gasteiger partial charge is 0.334 e. The number of carbonyl (C=O) groups excluding carboxylic acids is 2. The molecule has 0 unspecified atom stereocenters. The van der Waals surface area contributed by atoms with Crippen molar-refractivity contribution in [3.63, 3.8) is 0 Å². The molecule has 20 heavy (non-hydrogen) atoms. The Morgan fingerprint density at radius 1 is 1.25 bits per heavy atom. The predicted octanol–water partition coefficient (Wildman–Crippen LogP) is 2.11. The number of hydrogen-bond donors (Lipinski definition) is 0. The number of hydrogen-bond acceptors (Lipinski definition) is 4. The molecule has 0 heterocycles. The molecule has 0 spiro atoms.